The van der Waals surface area contributed by atoms with E-state index in [4.69, 9.17) is 10.2 Å². The van der Waals surface area contributed by atoms with E-state index in [2.05, 4.69) is 9.98 Å². The van der Waals surface area contributed by atoms with Crippen LogP contribution < -0.4 is 5.73 Å². The summed E-state index contributed by atoms with van der Waals surface area (Å²) in [5.74, 6) is -2.97. The maximum Gasteiger partial charge on any atom is 0.266 e. The van der Waals surface area contributed by atoms with Gasteiger partial charge in [0.25, 0.3) is 5.91 Å². The van der Waals surface area contributed by atoms with Gasteiger partial charge in [0.2, 0.25) is 0 Å². The number of aromatic nitrogens is 1. The van der Waals surface area contributed by atoms with Crippen LogP contribution in [-0.2, 0) is 17.0 Å². The van der Waals surface area contributed by atoms with Gasteiger partial charge in [0.05, 0.1) is 18.2 Å². The van der Waals surface area contributed by atoms with E-state index in [0.29, 0.717) is 0 Å². The van der Waals surface area contributed by atoms with E-state index in [1.807, 2.05) is 0 Å². The molecule has 1 unspecified atom stereocenters. The molecule has 29 heavy (non-hydrogen) atoms. The summed E-state index contributed by atoms with van der Waals surface area (Å²) in [6, 6.07) is 6.48. The van der Waals surface area contributed by atoms with Crippen molar-refractivity contribution < 1.29 is 22.4 Å². The van der Waals surface area contributed by atoms with Crippen molar-refractivity contribution in [3.05, 3.63) is 77.5 Å². The smallest absolute Gasteiger partial charge is 0.266 e. The third-order valence-corrected chi connectivity index (χ3v) is 4.89. The maximum absolute atomic E-state index is 14.6. The van der Waals surface area contributed by atoms with E-state index in [1.165, 1.54) is 50.0 Å². The molecule has 9 heteroatoms. The summed E-state index contributed by atoms with van der Waals surface area (Å²) in [6.07, 6.45) is 3.89. The van der Waals surface area contributed by atoms with Gasteiger partial charge >= 0.3 is 0 Å². The normalized spacial score (nSPS) is 19.0. The minimum Gasteiger partial charge on any atom is -0.472 e. The van der Waals surface area contributed by atoms with E-state index >= 15 is 0 Å². The summed E-state index contributed by atoms with van der Waals surface area (Å²) in [6.45, 7) is -0.870. The van der Waals surface area contributed by atoms with Crippen LogP contribution in [0.15, 0.2) is 58.5 Å². The Bertz CT molecular complexity index is 1130. The van der Waals surface area contributed by atoms with Gasteiger partial charge in [0.15, 0.2) is 23.1 Å². The Balaban J connectivity index is 2.03. The molecule has 4 rings (SSSR count). The highest BCUT2D eigenvalue weighted by Crippen LogP contribution is 2.41. The Hall–Kier alpha value is -3.62. The van der Waals surface area contributed by atoms with Crippen molar-refractivity contribution >= 4 is 11.9 Å². The highest BCUT2D eigenvalue weighted by molar-refractivity contribution is 6.09. The predicted octanol–water partition coefficient (Wildman–Crippen LogP) is 3.12. The highest BCUT2D eigenvalue weighted by Gasteiger charge is 2.50. The summed E-state index contributed by atoms with van der Waals surface area (Å²) < 4.78 is 47.2. The van der Waals surface area contributed by atoms with Crippen molar-refractivity contribution in [3.8, 4) is 11.1 Å². The lowest BCUT2D eigenvalue weighted by atomic mass is 9.81. The molecule has 1 atom stereocenters. The third-order valence-electron chi connectivity index (χ3n) is 4.89. The SMILES string of the molecule is CN1C(=O)C(c2ccnc(CF)c2)(c2cc(F)c(F)c(-c3ccoc3)c2)N=C1N. The second-order valence-corrected chi connectivity index (χ2v) is 6.55. The quantitative estimate of drug-likeness (QED) is 0.729. The molecule has 0 radical (unpaired) electrons. The van der Waals surface area contributed by atoms with Crippen LogP contribution in [0, 0.1) is 11.6 Å². The molecule has 0 bridgehead atoms. The van der Waals surface area contributed by atoms with Crippen molar-refractivity contribution in [2.24, 2.45) is 10.7 Å². The van der Waals surface area contributed by atoms with E-state index in [1.54, 1.807) is 0 Å². The minimum absolute atomic E-state index is 0.0425. The number of alkyl halides is 1. The number of carbonyl (C=O) groups is 1. The number of likely N-dealkylation sites (N-methyl/N-ethyl adjacent to an activating group) is 1. The first-order chi connectivity index (χ1) is 13.9. The number of aliphatic imine (C=N–C) groups is 1. The number of nitrogens with two attached hydrogens (primary N) is 1. The average molecular weight is 400 g/mol. The second-order valence-electron chi connectivity index (χ2n) is 6.55. The first-order valence-electron chi connectivity index (χ1n) is 8.55. The van der Waals surface area contributed by atoms with Gasteiger partial charge in [0.1, 0.15) is 6.67 Å². The third kappa shape index (κ3) is 2.77. The largest absolute Gasteiger partial charge is 0.472 e. The summed E-state index contributed by atoms with van der Waals surface area (Å²) in [7, 11) is 1.41. The van der Waals surface area contributed by atoms with Gasteiger partial charge in [-0.15, -0.1) is 0 Å². The number of halogens is 3. The van der Waals surface area contributed by atoms with Crippen molar-refractivity contribution in [1.82, 2.24) is 9.88 Å². The van der Waals surface area contributed by atoms with Crippen molar-refractivity contribution in [3.63, 3.8) is 0 Å². The van der Waals surface area contributed by atoms with Crippen LogP contribution >= 0.6 is 0 Å². The van der Waals surface area contributed by atoms with Gasteiger partial charge in [-0.2, -0.15) is 0 Å². The number of furan rings is 1. The standard InChI is InChI=1S/C20H15F3N4O2/c1-27-18(28)20(26-19(27)24,12-2-4-25-14(6-12)9-21)13-7-15(11-3-5-29-10-11)17(23)16(22)8-13/h2-8,10H,9H2,1H3,(H2,24,26). The van der Waals surface area contributed by atoms with E-state index in [0.717, 1.165) is 11.0 Å². The fraction of sp³-hybridized carbons (Fsp3) is 0.150. The number of benzene rings is 1. The van der Waals surface area contributed by atoms with Gasteiger partial charge in [-0.05, 0) is 41.5 Å². The molecule has 0 fully saturated rings. The molecule has 1 aromatic carbocycles. The monoisotopic (exact) mass is 400 g/mol. The van der Waals surface area contributed by atoms with Crippen LogP contribution in [0.4, 0.5) is 13.2 Å². The fourth-order valence-electron chi connectivity index (χ4n) is 3.39. The Morgan fingerprint density at radius 3 is 2.62 bits per heavy atom. The molecule has 6 nitrogen and oxygen atoms in total. The highest BCUT2D eigenvalue weighted by atomic mass is 19.2. The number of guanidine groups is 1. The summed E-state index contributed by atoms with van der Waals surface area (Å²) in [4.78, 5) is 22.5. The number of amides is 1. The minimum atomic E-state index is -1.81. The summed E-state index contributed by atoms with van der Waals surface area (Å²) in [5.41, 5.74) is 4.59. The van der Waals surface area contributed by atoms with Crippen LogP contribution in [-0.4, -0.2) is 28.8 Å². The van der Waals surface area contributed by atoms with Crippen molar-refractivity contribution in [2.45, 2.75) is 12.2 Å². The molecule has 1 aliphatic heterocycles. The molecule has 0 saturated heterocycles. The molecule has 3 aromatic rings. The molecule has 2 aromatic heterocycles. The van der Waals surface area contributed by atoms with Crippen LogP contribution in [0.1, 0.15) is 16.8 Å². The van der Waals surface area contributed by atoms with E-state index < -0.39 is 29.8 Å². The van der Waals surface area contributed by atoms with Gasteiger partial charge < -0.3 is 10.2 Å². The van der Waals surface area contributed by atoms with Gasteiger partial charge in [-0.3, -0.25) is 14.7 Å². The predicted molar refractivity (Wildman–Crippen MR) is 98.3 cm³/mol. The summed E-state index contributed by atoms with van der Waals surface area (Å²) in [5, 5.41) is 0. The molecule has 0 spiro atoms. The average Bonchev–Trinajstić information content (AvgIpc) is 3.34. The topological polar surface area (TPSA) is 84.7 Å². The number of hydrogen-bond donors (Lipinski definition) is 1. The van der Waals surface area contributed by atoms with Gasteiger partial charge in [-0.25, -0.2) is 18.2 Å². The van der Waals surface area contributed by atoms with Gasteiger partial charge in [0, 0.05) is 24.4 Å². The molecule has 3 heterocycles. The molecule has 1 aliphatic rings. The van der Waals surface area contributed by atoms with E-state index in [9.17, 15) is 18.0 Å². The molecule has 0 aliphatic carbocycles. The van der Waals surface area contributed by atoms with Crippen molar-refractivity contribution in [2.75, 3.05) is 7.05 Å². The molecular formula is C20H15F3N4O2. The van der Waals surface area contributed by atoms with Crippen LogP contribution in [0.2, 0.25) is 0 Å². The first kappa shape index (κ1) is 18.7. The first-order valence-corrected chi connectivity index (χ1v) is 8.55. The number of pyridine rings is 1. The second kappa shape index (κ2) is 6.77. The van der Waals surface area contributed by atoms with Crippen molar-refractivity contribution in [1.29, 1.82) is 0 Å². The number of rotatable bonds is 4. The zero-order valence-corrected chi connectivity index (χ0v) is 15.2. The lowest BCUT2D eigenvalue weighted by Gasteiger charge is -2.27. The Morgan fingerprint density at radius 2 is 2.00 bits per heavy atom. The lowest BCUT2D eigenvalue weighted by molar-refractivity contribution is -0.129. The number of hydrogen-bond acceptors (Lipinski definition) is 5. The zero-order chi connectivity index (χ0) is 20.8. The molecule has 148 valence electrons. The number of nitrogens with zero attached hydrogens (tertiary/aromatic N) is 3. The molecular weight excluding hydrogens is 385 g/mol. The molecule has 1 amide bonds. The van der Waals surface area contributed by atoms with E-state index in [-0.39, 0.29) is 33.9 Å². The number of carbonyl (C=O) groups excluding carboxylic acids is 1. The Labute approximate surface area is 163 Å². The maximum atomic E-state index is 14.6. The molecule has 0 saturated carbocycles. The lowest BCUT2D eigenvalue weighted by Crippen LogP contribution is -2.41. The molecule has 2 N–H and O–H groups in total. The van der Waals surface area contributed by atoms with Crippen LogP contribution in [0.3, 0.4) is 0 Å². The Morgan fingerprint density at radius 1 is 1.21 bits per heavy atom. The summed E-state index contributed by atoms with van der Waals surface area (Å²) >= 11 is 0. The Kier molecular flexibility index (Phi) is 4.37. The van der Waals surface area contributed by atoms with Gasteiger partial charge in [-0.1, -0.05) is 0 Å². The van der Waals surface area contributed by atoms with Crippen LogP contribution in [0.25, 0.3) is 11.1 Å². The fourth-order valence-corrected chi connectivity index (χ4v) is 3.39. The van der Waals surface area contributed by atoms with Crippen LogP contribution in [0.5, 0.6) is 0 Å². The zero-order valence-electron chi connectivity index (χ0n) is 15.2.